The van der Waals surface area contributed by atoms with Crippen molar-refractivity contribution in [1.29, 1.82) is 0 Å². The number of hydrogen-bond acceptors (Lipinski definition) is 3. The lowest BCUT2D eigenvalue weighted by atomic mass is 9.77. The highest BCUT2D eigenvalue weighted by Gasteiger charge is 2.44. The average Bonchev–Trinajstić information content (AvgIpc) is 2.41. The fraction of sp³-hybridized carbons (Fsp3) is 0.952. The number of likely N-dealkylation sites (tertiary alicyclic amines) is 2. The van der Waals surface area contributed by atoms with E-state index in [0.29, 0.717) is 12.1 Å². The third-order valence-electron chi connectivity index (χ3n) is 7.19. The summed E-state index contributed by atoms with van der Waals surface area (Å²) in [6.45, 7) is 18.8. The maximum Gasteiger partial charge on any atom is 0.0829 e. The van der Waals surface area contributed by atoms with E-state index in [1.807, 2.05) is 6.34 Å². The zero-order valence-corrected chi connectivity index (χ0v) is 18.4. The van der Waals surface area contributed by atoms with E-state index in [1.165, 1.54) is 0 Å². The van der Waals surface area contributed by atoms with Crippen LogP contribution in [0.2, 0.25) is 0 Å². The summed E-state index contributed by atoms with van der Waals surface area (Å²) in [5, 5.41) is 3.63. The van der Waals surface area contributed by atoms with Gasteiger partial charge in [0.15, 0.2) is 0 Å². The van der Waals surface area contributed by atoms with Gasteiger partial charge in [-0.25, -0.2) is 0 Å². The van der Waals surface area contributed by atoms with Crippen molar-refractivity contribution in [2.75, 3.05) is 14.1 Å². The molecule has 0 amide bonds. The van der Waals surface area contributed by atoms with Gasteiger partial charge in [-0.1, -0.05) is 0 Å². The Morgan fingerprint density at radius 1 is 0.720 bits per heavy atom. The van der Waals surface area contributed by atoms with Crippen LogP contribution < -0.4 is 5.32 Å². The Morgan fingerprint density at radius 3 is 1.48 bits per heavy atom. The molecule has 2 rings (SSSR count). The van der Waals surface area contributed by atoms with Crippen LogP contribution in [0.5, 0.6) is 0 Å². The smallest absolute Gasteiger partial charge is 0.0829 e. The van der Waals surface area contributed by atoms with E-state index < -0.39 is 0 Å². The molecule has 2 aliphatic rings. The number of hydrogen-bond donors (Lipinski definition) is 1. The molecule has 0 atom stereocenters. The van der Waals surface area contributed by atoms with Gasteiger partial charge in [-0.05, 0) is 95.2 Å². The van der Waals surface area contributed by atoms with E-state index >= 15 is 0 Å². The Kier molecular flexibility index (Phi) is 5.40. The van der Waals surface area contributed by atoms with Gasteiger partial charge in [-0.3, -0.25) is 14.8 Å². The van der Waals surface area contributed by atoms with Crippen LogP contribution in [-0.2, 0) is 0 Å². The van der Waals surface area contributed by atoms with Crippen LogP contribution in [0.4, 0.5) is 0 Å². The van der Waals surface area contributed by atoms with Crippen LogP contribution in [0.1, 0.15) is 81.1 Å². The summed E-state index contributed by atoms with van der Waals surface area (Å²) >= 11 is 0. The van der Waals surface area contributed by atoms with Gasteiger partial charge in [0.05, 0.1) is 12.4 Å². The van der Waals surface area contributed by atoms with Crippen LogP contribution in [0, 0.1) is 0 Å². The Hall–Kier alpha value is -0.610. The summed E-state index contributed by atoms with van der Waals surface area (Å²) in [6, 6.07) is 0.901. The molecule has 4 nitrogen and oxygen atoms in total. The first kappa shape index (κ1) is 20.7. The van der Waals surface area contributed by atoms with Crippen molar-refractivity contribution in [2.45, 2.75) is 115 Å². The molecule has 0 aromatic carbocycles. The second-order valence-corrected chi connectivity index (χ2v) is 11.0. The molecule has 0 spiro atoms. The van der Waals surface area contributed by atoms with Gasteiger partial charge >= 0.3 is 0 Å². The third kappa shape index (κ3) is 4.39. The van der Waals surface area contributed by atoms with Crippen LogP contribution in [0.25, 0.3) is 0 Å². The maximum absolute atomic E-state index is 4.94. The highest BCUT2D eigenvalue weighted by atomic mass is 15.3. The van der Waals surface area contributed by atoms with E-state index in [-0.39, 0.29) is 22.2 Å². The van der Waals surface area contributed by atoms with Crippen LogP contribution in [0.3, 0.4) is 0 Å². The molecule has 0 saturated carbocycles. The van der Waals surface area contributed by atoms with Crippen molar-refractivity contribution in [2.24, 2.45) is 4.99 Å². The molecule has 146 valence electrons. The number of aliphatic imine (C=N–C) groups is 1. The molecule has 0 unspecified atom stereocenters. The molecular formula is C21H42N4. The number of piperidine rings is 2. The molecule has 2 saturated heterocycles. The van der Waals surface area contributed by atoms with Crippen molar-refractivity contribution < 1.29 is 0 Å². The Balaban J connectivity index is 1.99. The summed E-state index contributed by atoms with van der Waals surface area (Å²) in [7, 11) is 4.51. The number of nitrogens with zero attached hydrogens (tertiary/aromatic N) is 3. The van der Waals surface area contributed by atoms with Crippen LogP contribution in [0.15, 0.2) is 4.99 Å². The molecule has 0 bridgehead atoms. The standard InChI is InChI=1S/C21H42N4/c1-18(2)11-16(12-19(3,4)24(18)9)22-15-23-17-13-20(5,6)25(10)21(7,8)14-17/h15-17H,11-14H2,1-10H3,(H,22,23). The SMILES string of the molecule is CN1C(C)(C)CC(N=CNC2CC(C)(C)N(C)C(C)(C)C2)CC1(C)C. The zero-order chi connectivity index (χ0) is 19.3. The monoisotopic (exact) mass is 350 g/mol. The average molecular weight is 351 g/mol. The molecule has 0 aromatic rings. The Bertz CT molecular complexity index is 468. The summed E-state index contributed by atoms with van der Waals surface area (Å²) in [4.78, 5) is 9.98. The summed E-state index contributed by atoms with van der Waals surface area (Å²) in [5.74, 6) is 0. The van der Waals surface area contributed by atoms with Crippen molar-refractivity contribution in [3.63, 3.8) is 0 Å². The first-order valence-corrected chi connectivity index (χ1v) is 9.93. The van der Waals surface area contributed by atoms with Crippen molar-refractivity contribution in [3.8, 4) is 0 Å². The van der Waals surface area contributed by atoms with Gasteiger partial charge in [-0.15, -0.1) is 0 Å². The third-order valence-corrected chi connectivity index (χ3v) is 7.19. The van der Waals surface area contributed by atoms with Gasteiger partial charge in [0.1, 0.15) is 0 Å². The predicted octanol–water partition coefficient (Wildman–Crippen LogP) is 3.91. The van der Waals surface area contributed by atoms with Crippen molar-refractivity contribution in [3.05, 3.63) is 0 Å². The van der Waals surface area contributed by atoms with Gasteiger partial charge < -0.3 is 5.32 Å². The van der Waals surface area contributed by atoms with Gasteiger partial charge in [0.2, 0.25) is 0 Å². The fourth-order valence-corrected chi connectivity index (χ4v) is 5.17. The lowest BCUT2D eigenvalue weighted by Crippen LogP contribution is -2.62. The normalized spacial score (nSPS) is 30.6. The topological polar surface area (TPSA) is 30.9 Å². The molecule has 4 heteroatoms. The minimum absolute atomic E-state index is 0.196. The van der Waals surface area contributed by atoms with E-state index in [4.69, 9.17) is 4.99 Å². The van der Waals surface area contributed by atoms with E-state index in [2.05, 4.69) is 84.6 Å². The maximum atomic E-state index is 4.94. The first-order chi connectivity index (χ1) is 11.2. The second-order valence-electron chi connectivity index (χ2n) is 11.0. The molecule has 0 aliphatic carbocycles. The molecule has 0 radical (unpaired) electrons. The fourth-order valence-electron chi connectivity index (χ4n) is 5.17. The summed E-state index contributed by atoms with van der Waals surface area (Å²) < 4.78 is 0. The highest BCUT2D eigenvalue weighted by molar-refractivity contribution is 5.55. The lowest BCUT2D eigenvalue weighted by molar-refractivity contribution is -0.0148. The van der Waals surface area contributed by atoms with Crippen molar-refractivity contribution in [1.82, 2.24) is 15.1 Å². The lowest BCUT2D eigenvalue weighted by Gasteiger charge is -2.53. The quantitative estimate of drug-likeness (QED) is 0.618. The molecule has 1 N–H and O–H groups in total. The van der Waals surface area contributed by atoms with E-state index in [0.717, 1.165) is 25.7 Å². The Morgan fingerprint density at radius 2 is 1.08 bits per heavy atom. The molecule has 2 aliphatic heterocycles. The highest BCUT2D eigenvalue weighted by Crippen LogP contribution is 2.38. The zero-order valence-electron chi connectivity index (χ0n) is 18.4. The number of rotatable bonds is 3. The first-order valence-electron chi connectivity index (χ1n) is 9.93. The Labute approximate surface area is 156 Å². The second kappa shape index (κ2) is 6.53. The molecular weight excluding hydrogens is 308 g/mol. The summed E-state index contributed by atoms with van der Waals surface area (Å²) in [5.41, 5.74) is 0.818. The molecule has 2 heterocycles. The minimum atomic E-state index is 0.196. The molecule has 2 fully saturated rings. The van der Waals surface area contributed by atoms with Gasteiger partial charge in [0, 0.05) is 28.2 Å². The van der Waals surface area contributed by atoms with E-state index in [9.17, 15) is 0 Å². The minimum Gasteiger partial charge on any atom is -0.374 e. The van der Waals surface area contributed by atoms with Crippen molar-refractivity contribution >= 4 is 6.34 Å². The van der Waals surface area contributed by atoms with Gasteiger partial charge in [-0.2, -0.15) is 0 Å². The largest absolute Gasteiger partial charge is 0.374 e. The predicted molar refractivity (Wildman–Crippen MR) is 110 cm³/mol. The van der Waals surface area contributed by atoms with Crippen LogP contribution >= 0.6 is 0 Å². The van der Waals surface area contributed by atoms with E-state index in [1.54, 1.807) is 0 Å². The molecule has 25 heavy (non-hydrogen) atoms. The van der Waals surface area contributed by atoms with Gasteiger partial charge in [0.25, 0.3) is 0 Å². The number of nitrogens with one attached hydrogen (secondary N) is 1. The molecule has 0 aromatic heterocycles. The summed E-state index contributed by atoms with van der Waals surface area (Å²) in [6.07, 6.45) is 6.57. The van der Waals surface area contributed by atoms with Crippen LogP contribution in [-0.4, -0.2) is 64.5 Å².